The van der Waals surface area contributed by atoms with Gasteiger partial charge in [-0.05, 0) is 71.3 Å². The largest absolute Gasteiger partial charge is 0.322 e. The van der Waals surface area contributed by atoms with E-state index in [1.165, 1.54) is 11.1 Å². The molecule has 0 aliphatic carbocycles. The summed E-state index contributed by atoms with van der Waals surface area (Å²) in [4.78, 5) is 12.2. The zero-order valence-corrected chi connectivity index (χ0v) is 13.2. The van der Waals surface area contributed by atoms with Crippen LogP contribution in [0.15, 0.2) is 42.5 Å². The van der Waals surface area contributed by atoms with Crippen molar-refractivity contribution >= 4 is 34.2 Å². The summed E-state index contributed by atoms with van der Waals surface area (Å²) in [5.41, 5.74) is 4.09. The topological polar surface area (TPSA) is 29.1 Å². The SMILES string of the molecule is CCc1cc(NC(=O)c2ccccc2I)ccc1C. The summed E-state index contributed by atoms with van der Waals surface area (Å²) in [6, 6.07) is 13.6. The Balaban J connectivity index is 2.22. The van der Waals surface area contributed by atoms with Crippen LogP contribution in [0.3, 0.4) is 0 Å². The molecule has 3 heteroatoms. The van der Waals surface area contributed by atoms with E-state index in [-0.39, 0.29) is 5.91 Å². The zero-order chi connectivity index (χ0) is 13.8. The Morgan fingerprint density at radius 2 is 1.95 bits per heavy atom. The molecule has 0 aliphatic heterocycles. The molecular weight excluding hydrogens is 349 g/mol. The fourth-order valence-corrected chi connectivity index (χ4v) is 2.61. The molecule has 2 nitrogen and oxygen atoms in total. The number of hydrogen-bond donors (Lipinski definition) is 1. The summed E-state index contributed by atoms with van der Waals surface area (Å²) in [7, 11) is 0. The predicted octanol–water partition coefficient (Wildman–Crippen LogP) is 4.41. The molecule has 0 atom stereocenters. The van der Waals surface area contributed by atoms with Gasteiger partial charge in [0.1, 0.15) is 0 Å². The second-order valence-electron chi connectivity index (χ2n) is 4.43. The van der Waals surface area contributed by atoms with Crippen LogP contribution in [0.2, 0.25) is 0 Å². The molecule has 0 fully saturated rings. The van der Waals surface area contributed by atoms with Gasteiger partial charge in [-0.1, -0.05) is 25.1 Å². The van der Waals surface area contributed by atoms with Crippen LogP contribution in [0.25, 0.3) is 0 Å². The van der Waals surface area contributed by atoms with E-state index in [2.05, 4.69) is 41.8 Å². The molecular formula is C16H16INO. The van der Waals surface area contributed by atoms with Crippen molar-refractivity contribution in [2.24, 2.45) is 0 Å². The summed E-state index contributed by atoms with van der Waals surface area (Å²) < 4.78 is 0.959. The highest BCUT2D eigenvalue weighted by molar-refractivity contribution is 14.1. The second-order valence-corrected chi connectivity index (χ2v) is 5.59. The number of nitrogens with one attached hydrogen (secondary N) is 1. The molecule has 0 radical (unpaired) electrons. The maximum Gasteiger partial charge on any atom is 0.256 e. The van der Waals surface area contributed by atoms with Gasteiger partial charge in [0.15, 0.2) is 0 Å². The van der Waals surface area contributed by atoms with Gasteiger partial charge in [0.2, 0.25) is 0 Å². The normalized spacial score (nSPS) is 10.3. The van der Waals surface area contributed by atoms with Gasteiger partial charge in [0, 0.05) is 9.26 Å². The summed E-state index contributed by atoms with van der Waals surface area (Å²) in [6.07, 6.45) is 0.971. The molecule has 0 spiro atoms. The molecule has 2 aromatic rings. The van der Waals surface area contributed by atoms with Crippen molar-refractivity contribution in [1.82, 2.24) is 0 Å². The summed E-state index contributed by atoms with van der Waals surface area (Å²) >= 11 is 2.18. The summed E-state index contributed by atoms with van der Waals surface area (Å²) in [5, 5.41) is 2.96. The number of halogens is 1. The molecule has 19 heavy (non-hydrogen) atoms. The minimum absolute atomic E-state index is 0.0593. The van der Waals surface area contributed by atoms with Crippen LogP contribution in [0.4, 0.5) is 5.69 Å². The predicted molar refractivity (Wildman–Crippen MR) is 87.7 cm³/mol. The van der Waals surface area contributed by atoms with Gasteiger partial charge < -0.3 is 5.32 Å². The van der Waals surface area contributed by atoms with E-state index < -0.39 is 0 Å². The highest BCUT2D eigenvalue weighted by Crippen LogP contribution is 2.18. The molecule has 1 N–H and O–H groups in total. The Hall–Kier alpha value is -1.36. The highest BCUT2D eigenvalue weighted by Gasteiger charge is 2.09. The first-order valence-electron chi connectivity index (χ1n) is 6.27. The molecule has 0 aromatic heterocycles. The number of rotatable bonds is 3. The Kier molecular flexibility index (Phi) is 4.58. The maximum absolute atomic E-state index is 12.2. The number of carbonyl (C=O) groups is 1. The van der Waals surface area contributed by atoms with E-state index in [4.69, 9.17) is 0 Å². The number of amides is 1. The van der Waals surface area contributed by atoms with Crippen LogP contribution in [0.5, 0.6) is 0 Å². The van der Waals surface area contributed by atoms with Gasteiger partial charge in [-0.25, -0.2) is 0 Å². The average Bonchev–Trinajstić information content (AvgIpc) is 2.41. The van der Waals surface area contributed by atoms with Crippen molar-refractivity contribution in [3.8, 4) is 0 Å². The molecule has 0 unspecified atom stereocenters. The van der Waals surface area contributed by atoms with Gasteiger partial charge in [-0.3, -0.25) is 4.79 Å². The van der Waals surface area contributed by atoms with Gasteiger partial charge in [-0.2, -0.15) is 0 Å². The van der Waals surface area contributed by atoms with Crippen LogP contribution in [-0.2, 0) is 6.42 Å². The number of benzene rings is 2. The fourth-order valence-electron chi connectivity index (χ4n) is 1.97. The van der Waals surface area contributed by atoms with Gasteiger partial charge >= 0.3 is 0 Å². The van der Waals surface area contributed by atoms with E-state index in [1.54, 1.807) is 0 Å². The molecule has 98 valence electrons. The number of anilines is 1. The Morgan fingerprint density at radius 1 is 1.21 bits per heavy atom. The van der Waals surface area contributed by atoms with Gasteiger partial charge in [0.25, 0.3) is 5.91 Å². The number of aryl methyl sites for hydroxylation is 2. The zero-order valence-electron chi connectivity index (χ0n) is 11.0. The molecule has 0 saturated carbocycles. The number of hydrogen-bond acceptors (Lipinski definition) is 1. The third kappa shape index (κ3) is 3.35. The Morgan fingerprint density at radius 3 is 2.63 bits per heavy atom. The van der Waals surface area contributed by atoms with Crippen LogP contribution >= 0.6 is 22.6 Å². The molecule has 0 bridgehead atoms. The second kappa shape index (κ2) is 6.19. The van der Waals surface area contributed by atoms with Crippen molar-refractivity contribution < 1.29 is 4.79 Å². The third-order valence-electron chi connectivity index (χ3n) is 3.11. The molecule has 0 saturated heterocycles. The lowest BCUT2D eigenvalue weighted by Gasteiger charge is -2.09. The first-order valence-corrected chi connectivity index (χ1v) is 7.35. The monoisotopic (exact) mass is 365 g/mol. The van der Waals surface area contributed by atoms with E-state index in [1.807, 2.05) is 42.5 Å². The minimum atomic E-state index is -0.0593. The quantitative estimate of drug-likeness (QED) is 0.802. The minimum Gasteiger partial charge on any atom is -0.322 e. The molecule has 0 aliphatic rings. The first kappa shape index (κ1) is 14.1. The molecule has 2 rings (SSSR count). The van der Waals surface area contributed by atoms with Gasteiger partial charge in [-0.15, -0.1) is 0 Å². The van der Waals surface area contributed by atoms with Crippen molar-refractivity contribution in [2.45, 2.75) is 20.3 Å². The van der Waals surface area contributed by atoms with Crippen molar-refractivity contribution in [3.05, 3.63) is 62.7 Å². The Bertz CT molecular complexity index is 607. The first-order chi connectivity index (χ1) is 9.11. The van der Waals surface area contributed by atoms with Gasteiger partial charge in [0.05, 0.1) is 5.56 Å². The summed E-state index contributed by atoms with van der Waals surface area (Å²) in [5.74, 6) is -0.0593. The third-order valence-corrected chi connectivity index (χ3v) is 4.05. The molecule has 2 aromatic carbocycles. The lowest BCUT2D eigenvalue weighted by Crippen LogP contribution is -2.13. The average molecular weight is 365 g/mol. The summed E-state index contributed by atoms with van der Waals surface area (Å²) in [6.45, 7) is 4.21. The van der Waals surface area contributed by atoms with Crippen LogP contribution in [0, 0.1) is 10.5 Å². The lowest BCUT2D eigenvalue weighted by atomic mass is 10.1. The fraction of sp³-hybridized carbons (Fsp3) is 0.188. The maximum atomic E-state index is 12.2. The lowest BCUT2D eigenvalue weighted by molar-refractivity contribution is 0.102. The Labute approximate surface area is 127 Å². The molecule has 1 amide bonds. The smallest absolute Gasteiger partial charge is 0.256 e. The highest BCUT2D eigenvalue weighted by atomic mass is 127. The van der Waals surface area contributed by atoms with E-state index >= 15 is 0 Å². The van der Waals surface area contributed by atoms with Crippen molar-refractivity contribution in [2.75, 3.05) is 5.32 Å². The van der Waals surface area contributed by atoms with E-state index in [0.29, 0.717) is 5.56 Å². The van der Waals surface area contributed by atoms with Crippen molar-refractivity contribution in [3.63, 3.8) is 0 Å². The standard InChI is InChI=1S/C16H16INO/c1-3-12-10-13(9-8-11(12)2)18-16(19)14-6-4-5-7-15(14)17/h4-10H,3H2,1-2H3,(H,18,19). The van der Waals surface area contributed by atoms with Crippen molar-refractivity contribution in [1.29, 1.82) is 0 Å². The van der Waals surface area contributed by atoms with Crippen LogP contribution < -0.4 is 5.32 Å². The number of carbonyl (C=O) groups excluding carboxylic acids is 1. The van der Waals surface area contributed by atoms with Crippen LogP contribution in [0.1, 0.15) is 28.4 Å². The van der Waals surface area contributed by atoms with Crippen LogP contribution in [-0.4, -0.2) is 5.91 Å². The van der Waals surface area contributed by atoms with E-state index in [0.717, 1.165) is 15.7 Å². The van der Waals surface area contributed by atoms with E-state index in [9.17, 15) is 4.79 Å². The molecule has 0 heterocycles.